The Balaban J connectivity index is 2.48. The van der Waals surface area contributed by atoms with Crippen molar-refractivity contribution in [2.24, 2.45) is 0 Å². The second kappa shape index (κ2) is 2.52. The first-order valence-electron chi connectivity index (χ1n) is 3.79. The molecule has 0 fully saturated rings. The van der Waals surface area contributed by atoms with Crippen LogP contribution in [-0.4, -0.2) is 13.1 Å². The molecule has 0 saturated heterocycles. The van der Waals surface area contributed by atoms with Gasteiger partial charge >= 0.3 is 6.03 Å². The molecule has 3 nitrogen and oxygen atoms in total. The molecule has 12 heavy (non-hydrogen) atoms. The van der Waals surface area contributed by atoms with Gasteiger partial charge in [0.05, 0.1) is 5.69 Å². The van der Waals surface area contributed by atoms with E-state index in [2.05, 4.69) is 11.4 Å². The molecule has 1 aliphatic heterocycles. The minimum absolute atomic E-state index is 0.0475. The van der Waals surface area contributed by atoms with E-state index in [1.165, 1.54) is 0 Å². The zero-order chi connectivity index (χ0) is 8.55. The van der Waals surface area contributed by atoms with Crippen molar-refractivity contribution in [3.05, 3.63) is 29.8 Å². The Hall–Kier alpha value is -1.51. The van der Waals surface area contributed by atoms with Crippen molar-refractivity contribution in [2.75, 3.05) is 11.9 Å². The number of rotatable bonds is 0. The summed E-state index contributed by atoms with van der Waals surface area (Å²) in [4.78, 5) is 12.8. The highest BCUT2D eigenvalue weighted by Gasteiger charge is 2.18. The van der Waals surface area contributed by atoms with Crippen LogP contribution in [0.5, 0.6) is 0 Å². The Morgan fingerprint density at radius 1 is 1.67 bits per heavy atom. The van der Waals surface area contributed by atoms with Crippen LogP contribution in [0.3, 0.4) is 0 Å². The molecule has 0 saturated carbocycles. The van der Waals surface area contributed by atoms with Gasteiger partial charge in [0.15, 0.2) is 0 Å². The highest BCUT2D eigenvalue weighted by molar-refractivity contribution is 5.94. The predicted octanol–water partition coefficient (Wildman–Crippen LogP) is 1.15. The summed E-state index contributed by atoms with van der Waals surface area (Å²) in [5, 5.41) is 2.75. The van der Waals surface area contributed by atoms with E-state index in [4.69, 9.17) is 0 Å². The van der Waals surface area contributed by atoms with Crippen molar-refractivity contribution >= 4 is 11.7 Å². The highest BCUT2D eigenvalue weighted by atomic mass is 16.2. The van der Waals surface area contributed by atoms with E-state index in [9.17, 15) is 4.79 Å². The van der Waals surface area contributed by atoms with Gasteiger partial charge in [-0.25, -0.2) is 4.79 Å². The molecule has 1 heterocycles. The zero-order valence-electron chi connectivity index (χ0n) is 6.79. The van der Waals surface area contributed by atoms with Gasteiger partial charge in [-0.1, -0.05) is 6.07 Å². The highest BCUT2D eigenvalue weighted by Crippen LogP contribution is 2.21. The van der Waals surface area contributed by atoms with Crippen LogP contribution in [0.2, 0.25) is 0 Å². The fraction of sp³-hybridized carbons (Fsp3) is 0.222. The van der Waals surface area contributed by atoms with Gasteiger partial charge in [-0.2, -0.15) is 0 Å². The molecule has 0 spiro atoms. The third kappa shape index (κ3) is 0.942. The maximum Gasteiger partial charge on any atom is 0.321 e. The molecule has 2 amide bonds. The van der Waals surface area contributed by atoms with E-state index in [0.29, 0.717) is 6.54 Å². The maximum atomic E-state index is 11.2. The summed E-state index contributed by atoms with van der Waals surface area (Å²) < 4.78 is 0. The topological polar surface area (TPSA) is 32.3 Å². The molecular formula is C9H9N2O. The van der Waals surface area contributed by atoms with Crippen molar-refractivity contribution in [3.63, 3.8) is 0 Å². The average molecular weight is 161 g/mol. The van der Waals surface area contributed by atoms with Gasteiger partial charge in [0.1, 0.15) is 0 Å². The molecule has 1 radical (unpaired) electrons. The number of anilines is 1. The van der Waals surface area contributed by atoms with Crippen LogP contribution in [-0.2, 0) is 6.54 Å². The van der Waals surface area contributed by atoms with E-state index in [1.807, 2.05) is 18.2 Å². The molecule has 0 aliphatic carbocycles. The van der Waals surface area contributed by atoms with Crippen LogP contribution in [0.15, 0.2) is 18.2 Å². The van der Waals surface area contributed by atoms with Crippen LogP contribution in [0.1, 0.15) is 5.56 Å². The van der Waals surface area contributed by atoms with Crippen molar-refractivity contribution < 1.29 is 4.79 Å². The summed E-state index contributed by atoms with van der Waals surface area (Å²) in [5.74, 6) is 0. The lowest BCUT2D eigenvalue weighted by atomic mass is 10.1. The Labute approximate surface area is 71.0 Å². The van der Waals surface area contributed by atoms with Crippen LogP contribution >= 0.6 is 0 Å². The standard InChI is InChI=1S/C9H9N2O/c1-11-8-5-3-2-4-7(8)6-10-9(11)12/h3-5H,6H2,1H3,(H,10,12). The van der Waals surface area contributed by atoms with Gasteiger partial charge in [0, 0.05) is 13.6 Å². The number of nitrogens with one attached hydrogen (secondary N) is 1. The average Bonchev–Trinajstić information content (AvgIpc) is 2.12. The van der Waals surface area contributed by atoms with Gasteiger partial charge < -0.3 is 5.32 Å². The smallest absolute Gasteiger partial charge is 0.321 e. The monoisotopic (exact) mass is 161 g/mol. The number of amides is 2. The lowest BCUT2D eigenvalue weighted by Gasteiger charge is -2.26. The molecule has 1 N–H and O–H groups in total. The Bertz CT molecular complexity index is 322. The van der Waals surface area contributed by atoms with Crippen molar-refractivity contribution in [1.82, 2.24) is 5.32 Å². The number of carbonyl (C=O) groups is 1. The first-order chi connectivity index (χ1) is 5.79. The van der Waals surface area contributed by atoms with Gasteiger partial charge in [-0.05, 0) is 23.8 Å². The van der Waals surface area contributed by atoms with Crippen molar-refractivity contribution in [3.8, 4) is 0 Å². The second-order valence-corrected chi connectivity index (χ2v) is 2.77. The second-order valence-electron chi connectivity index (χ2n) is 2.77. The van der Waals surface area contributed by atoms with E-state index < -0.39 is 0 Å². The first-order valence-corrected chi connectivity index (χ1v) is 3.79. The number of benzene rings is 1. The maximum absolute atomic E-state index is 11.2. The van der Waals surface area contributed by atoms with E-state index >= 15 is 0 Å². The van der Waals surface area contributed by atoms with Crippen molar-refractivity contribution in [1.29, 1.82) is 0 Å². The number of carbonyl (C=O) groups excluding carboxylic acids is 1. The zero-order valence-corrected chi connectivity index (χ0v) is 6.79. The van der Waals surface area contributed by atoms with Gasteiger partial charge in [0.25, 0.3) is 0 Å². The number of hydrogen-bond donors (Lipinski definition) is 1. The molecule has 2 rings (SSSR count). The van der Waals surface area contributed by atoms with Gasteiger partial charge in [-0.3, -0.25) is 4.90 Å². The number of nitrogens with zero attached hydrogens (tertiary/aromatic N) is 1. The Kier molecular flexibility index (Phi) is 1.50. The summed E-state index contributed by atoms with van der Waals surface area (Å²) in [6, 6.07) is 8.53. The molecule has 1 aliphatic rings. The molecule has 1 aromatic carbocycles. The SMILES string of the molecule is CN1C(=O)NCc2c[c]ccc21. The molecule has 0 aromatic heterocycles. The lowest BCUT2D eigenvalue weighted by Crippen LogP contribution is -2.41. The van der Waals surface area contributed by atoms with Gasteiger partial charge in [0.2, 0.25) is 0 Å². The number of hydrogen-bond acceptors (Lipinski definition) is 1. The number of urea groups is 1. The van der Waals surface area contributed by atoms with E-state index in [1.54, 1.807) is 11.9 Å². The summed E-state index contributed by atoms with van der Waals surface area (Å²) in [5.41, 5.74) is 2.08. The quantitative estimate of drug-likeness (QED) is 0.608. The molecule has 0 atom stereocenters. The molecule has 3 heteroatoms. The van der Waals surface area contributed by atoms with Crippen LogP contribution in [0.25, 0.3) is 0 Å². The summed E-state index contributed by atoms with van der Waals surface area (Å²) in [6.07, 6.45) is 0. The molecular weight excluding hydrogens is 152 g/mol. The summed E-state index contributed by atoms with van der Waals surface area (Å²) in [7, 11) is 1.76. The van der Waals surface area contributed by atoms with Gasteiger partial charge in [-0.15, -0.1) is 0 Å². The molecule has 0 bridgehead atoms. The Morgan fingerprint density at radius 3 is 3.33 bits per heavy atom. The summed E-state index contributed by atoms with van der Waals surface area (Å²) >= 11 is 0. The minimum atomic E-state index is -0.0475. The third-order valence-corrected chi connectivity index (χ3v) is 2.02. The molecule has 61 valence electrons. The molecule has 0 unspecified atom stereocenters. The van der Waals surface area contributed by atoms with Crippen LogP contribution < -0.4 is 10.2 Å². The van der Waals surface area contributed by atoms with Crippen LogP contribution in [0.4, 0.5) is 10.5 Å². The van der Waals surface area contributed by atoms with E-state index in [-0.39, 0.29) is 6.03 Å². The normalized spacial score (nSPS) is 15.4. The fourth-order valence-electron chi connectivity index (χ4n) is 1.32. The predicted molar refractivity (Wildman–Crippen MR) is 45.9 cm³/mol. The number of fused-ring (bicyclic) bond motifs is 1. The summed E-state index contributed by atoms with van der Waals surface area (Å²) in [6.45, 7) is 0.607. The van der Waals surface area contributed by atoms with Crippen LogP contribution in [0, 0.1) is 6.07 Å². The lowest BCUT2D eigenvalue weighted by molar-refractivity contribution is 0.246. The fourth-order valence-corrected chi connectivity index (χ4v) is 1.32. The molecule has 1 aromatic rings. The largest absolute Gasteiger partial charge is 0.334 e. The third-order valence-electron chi connectivity index (χ3n) is 2.02. The Morgan fingerprint density at radius 2 is 2.50 bits per heavy atom. The van der Waals surface area contributed by atoms with E-state index in [0.717, 1.165) is 11.3 Å². The minimum Gasteiger partial charge on any atom is -0.334 e. The first kappa shape index (κ1) is 7.16. The van der Waals surface area contributed by atoms with Crippen molar-refractivity contribution in [2.45, 2.75) is 6.54 Å².